The number of β-amino-alcohol motifs (C(OH)–C–C–N with tert-alkyl or cyclic N) is 1. The van der Waals surface area contributed by atoms with Crippen LogP contribution in [0.5, 0.6) is 0 Å². The fourth-order valence-corrected chi connectivity index (χ4v) is 4.18. The van der Waals surface area contributed by atoms with Crippen molar-refractivity contribution in [2.45, 2.75) is 52.4 Å². The van der Waals surface area contributed by atoms with E-state index in [-0.39, 0.29) is 11.7 Å². The molecule has 1 atom stereocenters. The van der Waals surface area contributed by atoms with Gasteiger partial charge in [-0.15, -0.1) is 5.10 Å². The van der Waals surface area contributed by atoms with Crippen LogP contribution in [0, 0.1) is 10.7 Å². The van der Waals surface area contributed by atoms with Crippen LogP contribution in [0.25, 0.3) is 16.7 Å². The number of rotatable bonds is 5. The zero-order valence-corrected chi connectivity index (χ0v) is 17.2. The van der Waals surface area contributed by atoms with Gasteiger partial charge in [-0.3, -0.25) is 18.7 Å². The zero-order valence-electron chi connectivity index (χ0n) is 16.4. The van der Waals surface area contributed by atoms with Crippen molar-refractivity contribution in [1.82, 2.24) is 23.6 Å². The Bertz CT molecular complexity index is 1110. The number of fused-ring (bicyclic) bond motifs is 3. The van der Waals surface area contributed by atoms with Crippen molar-refractivity contribution < 1.29 is 5.11 Å². The van der Waals surface area contributed by atoms with E-state index in [2.05, 4.69) is 18.7 Å². The first-order valence-corrected chi connectivity index (χ1v) is 10.4. The van der Waals surface area contributed by atoms with Gasteiger partial charge in [0, 0.05) is 19.6 Å². The Morgan fingerprint density at radius 3 is 2.86 bits per heavy atom. The van der Waals surface area contributed by atoms with Gasteiger partial charge in [-0.1, -0.05) is 26.0 Å². The molecule has 0 spiro atoms. The Kier molecular flexibility index (Phi) is 5.35. The number of aryl methyl sites for hydroxylation is 1. The maximum atomic E-state index is 13.1. The molecule has 0 bridgehead atoms. The van der Waals surface area contributed by atoms with Crippen LogP contribution in [-0.2, 0) is 13.2 Å². The van der Waals surface area contributed by atoms with Crippen LogP contribution in [0.3, 0.4) is 0 Å². The highest BCUT2D eigenvalue weighted by Crippen LogP contribution is 2.17. The number of hydrogen-bond acceptors (Lipinski definition) is 5. The van der Waals surface area contributed by atoms with Gasteiger partial charge in [0.05, 0.1) is 23.7 Å². The maximum Gasteiger partial charge on any atom is 0.262 e. The summed E-state index contributed by atoms with van der Waals surface area (Å²) >= 11 is 5.75. The molecule has 28 heavy (non-hydrogen) atoms. The van der Waals surface area contributed by atoms with Crippen LogP contribution in [0.1, 0.15) is 33.1 Å². The van der Waals surface area contributed by atoms with Gasteiger partial charge in [0.15, 0.2) is 0 Å². The average molecular weight is 402 g/mol. The molecule has 3 heterocycles. The van der Waals surface area contributed by atoms with Gasteiger partial charge in [-0.25, -0.2) is 4.68 Å². The van der Waals surface area contributed by atoms with Crippen molar-refractivity contribution in [1.29, 1.82) is 0 Å². The number of piperidine rings is 1. The van der Waals surface area contributed by atoms with Gasteiger partial charge in [-0.2, -0.15) is 0 Å². The number of benzene rings is 1. The van der Waals surface area contributed by atoms with Crippen molar-refractivity contribution in [2.75, 3.05) is 13.1 Å². The first kappa shape index (κ1) is 19.3. The predicted octanol–water partition coefficient (Wildman–Crippen LogP) is 2.64. The molecule has 0 saturated carbocycles. The Labute approximate surface area is 168 Å². The van der Waals surface area contributed by atoms with Gasteiger partial charge >= 0.3 is 0 Å². The molecule has 1 fully saturated rings. The first-order chi connectivity index (χ1) is 13.5. The van der Waals surface area contributed by atoms with E-state index in [0.717, 1.165) is 31.3 Å². The summed E-state index contributed by atoms with van der Waals surface area (Å²) in [5, 5.41) is 15.4. The Balaban J connectivity index is 1.86. The van der Waals surface area contributed by atoms with Crippen molar-refractivity contribution >= 4 is 28.9 Å². The summed E-state index contributed by atoms with van der Waals surface area (Å²) in [5.74, 6) is 1.07. The van der Waals surface area contributed by atoms with E-state index in [1.807, 2.05) is 28.7 Å². The Morgan fingerprint density at radius 2 is 2.11 bits per heavy atom. The number of aliphatic hydroxyl groups is 1. The van der Waals surface area contributed by atoms with Crippen molar-refractivity contribution in [3.8, 4) is 0 Å². The standard InChI is InChI=1S/C20H27N5O2S/c1-14(2)9-11-23-18(27)16-7-3-4-8-17(16)25-19(23)21-24(20(25)28)13-22-10-5-6-15(26)12-22/h3-4,7-8,14-15,26H,5-6,9-13H2,1-2H3/t15-/m0/s1. The number of aromatic nitrogens is 4. The molecule has 1 N–H and O–H groups in total. The topological polar surface area (TPSA) is 67.7 Å². The number of nitrogens with zero attached hydrogens (tertiary/aromatic N) is 5. The minimum absolute atomic E-state index is 0.0238. The SMILES string of the molecule is CC(C)CCn1c(=O)c2ccccc2n2c(=S)n(CN3CCC[C@H](O)C3)nc12. The largest absolute Gasteiger partial charge is 0.392 e. The molecule has 0 amide bonds. The molecule has 1 saturated heterocycles. The van der Waals surface area contributed by atoms with Gasteiger partial charge in [-0.05, 0) is 49.5 Å². The molecule has 2 aromatic heterocycles. The van der Waals surface area contributed by atoms with Crippen LogP contribution in [-0.4, -0.2) is 47.9 Å². The lowest BCUT2D eigenvalue weighted by Crippen LogP contribution is -2.39. The van der Waals surface area contributed by atoms with E-state index in [1.54, 1.807) is 9.25 Å². The average Bonchev–Trinajstić information content (AvgIpc) is 2.98. The monoisotopic (exact) mass is 401 g/mol. The second-order valence-electron chi connectivity index (χ2n) is 8.09. The van der Waals surface area contributed by atoms with Crippen LogP contribution in [0.2, 0.25) is 0 Å². The molecule has 4 rings (SSSR count). The molecule has 3 aromatic rings. The molecule has 0 radical (unpaired) electrons. The lowest BCUT2D eigenvalue weighted by molar-refractivity contribution is 0.0514. The van der Waals surface area contributed by atoms with Crippen LogP contribution in [0.15, 0.2) is 29.1 Å². The fraction of sp³-hybridized carbons (Fsp3) is 0.550. The summed E-state index contributed by atoms with van der Waals surface area (Å²) in [6, 6.07) is 7.57. The number of aliphatic hydroxyl groups excluding tert-OH is 1. The highest BCUT2D eigenvalue weighted by molar-refractivity contribution is 7.71. The van der Waals surface area contributed by atoms with E-state index in [9.17, 15) is 9.90 Å². The van der Waals surface area contributed by atoms with Crippen LogP contribution in [0.4, 0.5) is 0 Å². The summed E-state index contributed by atoms with van der Waals surface area (Å²) in [6.45, 7) is 6.96. The molecule has 7 nitrogen and oxygen atoms in total. The summed E-state index contributed by atoms with van der Waals surface area (Å²) in [5.41, 5.74) is 0.766. The van der Waals surface area contributed by atoms with Gasteiger partial charge in [0.1, 0.15) is 0 Å². The third kappa shape index (κ3) is 3.52. The highest BCUT2D eigenvalue weighted by atomic mass is 32.1. The summed E-state index contributed by atoms with van der Waals surface area (Å²) < 4.78 is 6.01. The molecular formula is C20H27N5O2S. The minimum Gasteiger partial charge on any atom is -0.392 e. The number of para-hydroxylation sites is 1. The van der Waals surface area contributed by atoms with E-state index in [4.69, 9.17) is 17.3 Å². The number of hydrogen-bond donors (Lipinski definition) is 1. The summed E-state index contributed by atoms with van der Waals surface area (Å²) in [4.78, 5) is 15.3. The van der Waals surface area contributed by atoms with Crippen molar-refractivity contribution in [3.63, 3.8) is 0 Å². The van der Waals surface area contributed by atoms with Gasteiger partial charge in [0.2, 0.25) is 10.5 Å². The second-order valence-corrected chi connectivity index (χ2v) is 8.45. The predicted molar refractivity (Wildman–Crippen MR) is 112 cm³/mol. The molecule has 1 aliphatic rings. The van der Waals surface area contributed by atoms with E-state index >= 15 is 0 Å². The lowest BCUT2D eigenvalue weighted by Gasteiger charge is -2.29. The maximum absolute atomic E-state index is 13.1. The number of likely N-dealkylation sites (tertiary alicyclic amines) is 1. The third-order valence-corrected chi connectivity index (χ3v) is 5.82. The Hall–Kier alpha value is -2.03. The van der Waals surface area contributed by atoms with Crippen LogP contribution >= 0.6 is 12.2 Å². The van der Waals surface area contributed by atoms with Crippen molar-refractivity contribution in [3.05, 3.63) is 39.4 Å². The van der Waals surface area contributed by atoms with Crippen LogP contribution < -0.4 is 5.56 Å². The minimum atomic E-state index is -0.301. The highest BCUT2D eigenvalue weighted by Gasteiger charge is 2.20. The van der Waals surface area contributed by atoms with Gasteiger partial charge in [0.25, 0.3) is 5.56 Å². The van der Waals surface area contributed by atoms with E-state index < -0.39 is 0 Å². The first-order valence-electron chi connectivity index (χ1n) is 9.97. The summed E-state index contributed by atoms with van der Waals surface area (Å²) in [6.07, 6.45) is 2.40. The molecule has 8 heteroatoms. The molecule has 1 aliphatic heterocycles. The zero-order chi connectivity index (χ0) is 19.8. The molecule has 0 unspecified atom stereocenters. The molecule has 1 aromatic carbocycles. The van der Waals surface area contributed by atoms with Crippen molar-refractivity contribution in [2.24, 2.45) is 5.92 Å². The quantitative estimate of drug-likeness (QED) is 0.666. The van der Waals surface area contributed by atoms with E-state index in [1.165, 1.54) is 0 Å². The smallest absolute Gasteiger partial charge is 0.262 e. The lowest BCUT2D eigenvalue weighted by atomic mass is 10.1. The summed E-state index contributed by atoms with van der Waals surface area (Å²) in [7, 11) is 0. The normalized spacial score (nSPS) is 18.5. The van der Waals surface area contributed by atoms with Gasteiger partial charge < -0.3 is 5.11 Å². The second kappa shape index (κ2) is 7.77. The Morgan fingerprint density at radius 1 is 1.32 bits per heavy atom. The third-order valence-electron chi connectivity index (χ3n) is 5.43. The molecule has 150 valence electrons. The van der Waals surface area contributed by atoms with E-state index in [0.29, 0.717) is 41.6 Å². The fourth-order valence-electron chi connectivity index (χ4n) is 3.90. The molecular weight excluding hydrogens is 374 g/mol. The molecule has 0 aliphatic carbocycles.